The summed E-state index contributed by atoms with van der Waals surface area (Å²) < 4.78 is 43.0. The highest BCUT2D eigenvalue weighted by Crippen LogP contribution is 2.31. The lowest BCUT2D eigenvalue weighted by atomic mass is 10.2. The number of nitrogens with two attached hydrogens (primary N) is 1. The number of nitrogens with one attached hydrogen (secondary N) is 1. The number of rotatable bonds is 6. The van der Waals surface area contributed by atoms with Crippen LogP contribution in [0.4, 0.5) is 13.2 Å². The number of carbonyl (C=O) groups excluding carboxylic acids is 1. The number of alkyl halides is 3. The summed E-state index contributed by atoms with van der Waals surface area (Å²) in [6.07, 6.45) is -4.11. The van der Waals surface area contributed by atoms with Crippen molar-refractivity contribution < 1.29 is 22.7 Å². The molecular formula is C18H19F3N2O2. The molecule has 1 atom stereocenters. The maximum atomic E-state index is 12.5. The molecule has 2 aromatic rings. The van der Waals surface area contributed by atoms with E-state index in [2.05, 4.69) is 5.32 Å². The van der Waals surface area contributed by atoms with Crippen molar-refractivity contribution in [2.24, 2.45) is 5.73 Å². The minimum Gasteiger partial charge on any atom is -0.457 e. The molecule has 2 aromatic carbocycles. The van der Waals surface area contributed by atoms with Gasteiger partial charge in [-0.05, 0) is 48.9 Å². The Morgan fingerprint density at radius 2 is 1.60 bits per heavy atom. The molecule has 0 fully saturated rings. The van der Waals surface area contributed by atoms with Crippen LogP contribution < -0.4 is 15.8 Å². The first-order valence-electron chi connectivity index (χ1n) is 7.70. The number of hydrogen-bond acceptors (Lipinski definition) is 3. The fourth-order valence-electron chi connectivity index (χ4n) is 2.09. The van der Waals surface area contributed by atoms with Crippen molar-refractivity contribution in [2.75, 3.05) is 0 Å². The van der Waals surface area contributed by atoms with Gasteiger partial charge in [0.25, 0.3) is 0 Å². The van der Waals surface area contributed by atoms with Gasteiger partial charge in [0.1, 0.15) is 11.5 Å². The van der Waals surface area contributed by atoms with Crippen LogP contribution >= 0.6 is 0 Å². The molecule has 7 heteroatoms. The van der Waals surface area contributed by atoms with E-state index < -0.39 is 11.7 Å². The largest absolute Gasteiger partial charge is 0.457 e. The number of ether oxygens (including phenoxy) is 1. The van der Waals surface area contributed by atoms with E-state index in [1.54, 1.807) is 31.2 Å². The minimum absolute atomic E-state index is 0.125. The molecule has 0 aliphatic rings. The highest BCUT2D eigenvalue weighted by Gasteiger charge is 2.30. The van der Waals surface area contributed by atoms with Gasteiger partial charge in [-0.25, -0.2) is 0 Å². The molecule has 3 N–H and O–H groups in total. The third-order valence-corrected chi connectivity index (χ3v) is 3.34. The van der Waals surface area contributed by atoms with Crippen molar-refractivity contribution >= 4 is 5.91 Å². The van der Waals surface area contributed by atoms with Crippen LogP contribution in [0.2, 0.25) is 0 Å². The highest BCUT2D eigenvalue weighted by molar-refractivity contribution is 5.76. The Morgan fingerprint density at radius 3 is 2.08 bits per heavy atom. The summed E-state index contributed by atoms with van der Waals surface area (Å²) in [5.41, 5.74) is 5.70. The summed E-state index contributed by atoms with van der Waals surface area (Å²) in [4.78, 5) is 11.5. The molecule has 134 valence electrons. The molecule has 2 rings (SSSR count). The molecule has 0 aliphatic heterocycles. The monoisotopic (exact) mass is 352 g/mol. The molecule has 0 aliphatic carbocycles. The topological polar surface area (TPSA) is 64.4 Å². The Labute approximate surface area is 143 Å². The third-order valence-electron chi connectivity index (χ3n) is 3.34. The first-order chi connectivity index (χ1) is 11.7. The van der Waals surface area contributed by atoms with E-state index >= 15 is 0 Å². The van der Waals surface area contributed by atoms with E-state index in [-0.39, 0.29) is 18.4 Å². The Bertz CT molecular complexity index is 696. The minimum atomic E-state index is -4.37. The molecule has 0 heterocycles. The number of carbonyl (C=O) groups is 1. The van der Waals surface area contributed by atoms with E-state index in [1.165, 1.54) is 12.1 Å². The van der Waals surface area contributed by atoms with Crippen LogP contribution in [-0.4, -0.2) is 11.9 Å². The first-order valence-corrected chi connectivity index (χ1v) is 7.70. The molecule has 0 bridgehead atoms. The summed E-state index contributed by atoms with van der Waals surface area (Å²) in [5, 5.41) is 2.75. The molecule has 0 saturated carbocycles. The van der Waals surface area contributed by atoms with Crippen molar-refractivity contribution in [3.8, 4) is 11.5 Å². The lowest BCUT2D eigenvalue weighted by Crippen LogP contribution is -2.29. The van der Waals surface area contributed by atoms with Crippen LogP contribution in [0.3, 0.4) is 0 Å². The zero-order valence-electron chi connectivity index (χ0n) is 13.6. The molecule has 1 unspecified atom stereocenters. The Hall–Kier alpha value is -2.54. The van der Waals surface area contributed by atoms with Gasteiger partial charge in [-0.3, -0.25) is 4.79 Å². The summed E-state index contributed by atoms with van der Waals surface area (Å²) >= 11 is 0. The molecular weight excluding hydrogens is 333 g/mol. The van der Waals surface area contributed by atoms with E-state index in [0.717, 1.165) is 17.7 Å². The SMILES string of the molecule is CC(N)CC(=O)NCc1ccc(Oc2ccc(C(F)(F)F)cc2)cc1. The van der Waals surface area contributed by atoms with Gasteiger partial charge in [-0.1, -0.05) is 12.1 Å². The van der Waals surface area contributed by atoms with Crippen LogP contribution in [-0.2, 0) is 17.5 Å². The molecule has 0 radical (unpaired) electrons. The van der Waals surface area contributed by atoms with Crippen LogP contribution in [0.25, 0.3) is 0 Å². The van der Waals surface area contributed by atoms with Crippen LogP contribution in [0.5, 0.6) is 11.5 Å². The average Bonchev–Trinajstić information content (AvgIpc) is 2.53. The van der Waals surface area contributed by atoms with Gasteiger partial charge < -0.3 is 15.8 Å². The quantitative estimate of drug-likeness (QED) is 0.830. The molecule has 0 aromatic heterocycles. The van der Waals surface area contributed by atoms with Gasteiger partial charge in [0, 0.05) is 19.0 Å². The number of benzene rings is 2. The lowest BCUT2D eigenvalue weighted by Gasteiger charge is -2.10. The zero-order chi connectivity index (χ0) is 18.4. The summed E-state index contributed by atoms with van der Waals surface area (Å²) in [6, 6.07) is 11.2. The van der Waals surface area contributed by atoms with Gasteiger partial charge in [0.05, 0.1) is 5.56 Å². The predicted octanol–water partition coefficient (Wildman–Crippen LogP) is 3.85. The molecule has 1 amide bonds. The van der Waals surface area contributed by atoms with Crippen molar-refractivity contribution in [1.82, 2.24) is 5.32 Å². The Morgan fingerprint density at radius 1 is 1.08 bits per heavy atom. The number of hydrogen-bond donors (Lipinski definition) is 2. The van der Waals surface area contributed by atoms with E-state index in [9.17, 15) is 18.0 Å². The Balaban J connectivity index is 1.91. The second kappa shape index (κ2) is 8.02. The van der Waals surface area contributed by atoms with Gasteiger partial charge in [-0.2, -0.15) is 13.2 Å². The van der Waals surface area contributed by atoms with Crippen molar-refractivity contribution in [2.45, 2.75) is 32.1 Å². The van der Waals surface area contributed by atoms with E-state index in [1.807, 2.05) is 0 Å². The number of amides is 1. The fraction of sp³-hybridized carbons (Fsp3) is 0.278. The maximum absolute atomic E-state index is 12.5. The van der Waals surface area contributed by atoms with E-state index in [0.29, 0.717) is 18.0 Å². The fourth-order valence-corrected chi connectivity index (χ4v) is 2.09. The van der Waals surface area contributed by atoms with Crippen molar-refractivity contribution in [3.05, 3.63) is 59.7 Å². The van der Waals surface area contributed by atoms with E-state index in [4.69, 9.17) is 10.5 Å². The molecule has 0 spiro atoms. The lowest BCUT2D eigenvalue weighted by molar-refractivity contribution is -0.137. The van der Waals surface area contributed by atoms with Gasteiger partial charge in [0.2, 0.25) is 5.91 Å². The van der Waals surface area contributed by atoms with Gasteiger partial charge >= 0.3 is 6.18 Å². The third kappa shape index (κ3) is 6.11. The Kier molecular flexibility index (Phi) is 6.03. The van der Waals surface area contributed by atoms with Gasteiger partial charge in [0.15, 0.2) is 0 Å². The zero-order valence-corrected chi connectivity index (χ0v) is 13.6. The van der Waals surface area contributed by atoms with Crippen LogP contribution in [0.15, 0.2) is 48.5 Å². The molecule has 0 saturated heterocycles. The average molecular weight is 352 g/mol. The summed E-state index contributed by atoms with van der Waals surface area (Å²) in [5.74, 6) is 0.677. The van der Waals surface area contributed by atoms with Crippen LogP contribution in [0.1, 0.15) is 24.5 Å². The maximum Gasteiger partial charge on any atom is 0.416 e. The molecule has 4 nitrogen and oxygen atoms in total. The predicted molar refractivity (Wildman–Crippen MR) is 88.1 cm³/mol. The highest BCUT2D eigenvalue weighted by atomic mass is 19.4. The smallest absolute Gasteiger partial charge is 0.416 e. The first kappa shape index (κ1) is 18.8. The van der Waals surface area contributed by atoms with Crippen molar-refractivity contribution in [3.63, 3.8) is 0 Å². The second-order valence-electron chi connectivity index (χ2n) is 5.73. The van der Waals surface area contributed by atoms with Crippen molar-refractivity contribution in [1.29, 1.82) is 0 Å². The second-order valence-corrected chi connectivity index (χ2v) is 5.73. The standard InChI is InChI=1S/C18H19F3N2O2/c1-12(22)10-17(24)23-11-13-2-6-15(7-3-13)25-16-8-4-14(5-9-16)18(19,20)21/h2-9,12H,10-11,22H2,1H3,(H,23,24). The summed E-state index contributed by atoms with van der Waals surface area (Å²) in [6.45, 7) is 2.12. The normalized spacial score (nSPS) is 12.5. The number of halogens is 3. The summed E-state index contributed by atoms with van der Waals surface area (Å²) in [7, 11) is 0. The molecule has 25 heavy (non-hydrogen) atoms. The van der Waals surface area contributed by atoms with Crippen LogP contribution in [0, 0.1) is 0 Å². The van der Waals surface area contributed by atoms with Gasteiger partial charge in [-0.15, -0.1) is 0 Å².